The van der Waals surface area contributed by atoms with E-state index in [1.54, 1.807) is 24.1 Å². The number of anilines is 1. The summed E-state index contributed by atoms with van der Waals surface area (Å²) in [6.45, 7) is 6.57. The summed E-state index contributed by atoms with van der Waals surface area (Å²) in [5.41, 5.74) is 0.939. The van der Waals surface area contributed by atoms with Gasteiger partial charge in [-0.1, -0.05) is 30.0 Å². The molecule has 35 heavy (non-hydrogen) atoms. The predicted octanol–water partition coefficient (Wildman–Crippen LogP) is 1.48. The summed E-state index contributed by atoms with van der Waals surface area (Å²) < 4.78 is 6.89. The summed E-state index contributed by atoms with van der Waals surface area (Å²) in [5.74, 6) is -0.949. The van der Waals surface area contributed by atoms with Gasteiger partial charge in [-0.2, -0.15) is 0 Å². The molecule has 184 valence electrons. The highest BCUT2D eigenvalue weighted by atomic mass is 32.2. The lowest BCUT2D eigenvalue weighted by Gasteiger charge is -2.36. The minimum atomic E-state index is -0.918. The molecule has 2 fully saturated rings. The molecule has 0 aliphatic carbocycles. The Labute approximate surface area is 211 Å². The average Bonchev–Trinajstić information content (AvgIpc) is 3.09. The Balaban J connectivity index is 1.91. The molecule has 0 unspecified atom stereocenters. The SMILES string of the molecule is CCOC(=O)C[C@H]1C(=O)NCCN1c1nc2c(C)cccn2c(=O)c1/C=C1\SC(=S)N(CC)C1=O. The first-order valence-corrected chi connectivity index (χ1v) is 12.5. The Bertz CT molecular complexity index is 1320. The van der Waals surface area contributed by atoms with Crippen molar-refractivity contribution in [1.82, 2.24) is 19.6 Å². The van der Waals surface area contributed by atoms with E-state index >= 15 is 0 Å². The van der Waals surface area contributed by atoms with Gasteiger partial charge < -0.3 is 15.0 Å². The number of nitrogens with one attached hydrogen (secondary N) is 1. The van der Waals surface area contributed by atoms with Crippen molar-refractivity contribution in [3.8, 4) is 0 Å². The summed E-state index contributed by atoms with van der Waals surface area (Å²) in [4.78, 5) is 59.8. The molecule has 2 saturated heterocycles. The second-order valence-electron chi connectivity index (χ2n) is 7.97. The van der Waals surface area contributed by atoms with Gasteiger partial charge in [0.25, 0.3) is 11.5 Å². The summed E-state index contributed by atoms with van der Waals surface area (Å²) in [7, 11) is 0. The molecule has 10 nitrogen and oxygen atoms in total. The maximum atomic E-state index is 13.7. The van der Waals surface area contributed by atoms with Gasteiger partial charge in [0.2, 0.25) is 5.91 Å². The first kappa shape index (κ1) is 24.9. The first-order chi connectivity index (χ1) is 16.8. The Hall–Kier alpha value is -3.25. The number of nitrogens with zero attached hydrogens (tertiary/aromatic N) is 4. The topological polar surface area (TPSA) is 113 Å². The van der Waals surface area contributed by atoms with E-state index < -0.39 is 17.6 Å². The van der Waals surface area contributed by atoms with Crippen molar-refractivity contribution in [2.24, 2.45) is 0 Å². The molecule has 2 aliphatic rings. The highest BCUT2D eigenvalue weighted by molar-refractivity contribution is 8.26. The van der Waals surface area contributed by atoms with Crippen molar-refractivity contribution in [2.45, 2.75) is 33.2 Å². The maximum absolute atomic E-state index is 13.7. The van der Waals surface area contributed by atoms with Crippen LogP contribution in [0, 0.1) is 6.92 Å². The third kappa shape index (κ3) is 4.67. The molecule has 1 atom stereocenters. The summed E-state index contributed by atoms with van der Waals surface area (Å²) in [6.07, 6.45) is 2.89. The Morgan fingerprint density at radius 1 is 1.34 bits per heavy atom. The zero-order valence-corrected chi connectivity index (χ0v) is 21.2. The van der Waals surface area contributed by atoms with E-state index in [1.807, 2.05) is 19.9 Å². The van der Waals surface area contributed by atoms with Gasteiger partial charge in [0.1, 0.15) is 21.8 Å². The van der Waals surface area contributed by atoms with Gasteiger partial charge in [0.15, 0.2) is 0 Å². The molecular weight excluding hydrogens is 490 g/mol. The highest BCUT2D eigenvalue weighted by Gasteiger charge is 2.36. The van der Waals surface area contributed by atoms with Crippen molar-refractivity contribution < 1.29 is 19.1 Å². The normalized spacial score (nSPS) is 19.6. The molecule has 2 aliphatic heterocycles. The molecule has 0 spiro atoms. The number of piperazine rings is 1. The van der Waals surface area contributed by atoms with Gasteiger partial charge in [-0.25, -0.2) is 4.98 Å². The fourth-order valence-corrected chi connectivity index (χ4v) is 5.46. The molecule has 2 aromatic heterocycles. The highest BCUT2D eigenvalue weighted by Crippen LogP contribution is 2.34. The van der Waals surface area contributed by atoms with E-state index in [9.17, 15) is 19.2 Å². The monoisotopic (exact) mass is 515 g/mol. The van der Waals surface area contributed by atoms with Gasteiger partial charge >= 0.3 is 5.97 Å². The number of aromatic nitrogens is 2. The minimum absolute atomic E-state index is 0.147. The molecule has 0 radical (unpaired) electrons. The number of esters is 1. The van der Waals surface area contributed by atoms with Crippen molar-refractivity contribution >= 4 is 63.6 Å². The average molecular weight is 516 g/mol. The number of aryl methyl sites for hydroxylation is 1. The zero-order valence-electron chi connectivity index (χ0n) is 19.6. The molecule has 0 aromatic carbocycles. The third-order valence-corrected chi connectivity index (χ3v) is 7.18. The molecule has 2 amide bonds. The number of thiocarbonyl (C=S) groups is 1. The number of ether oxygens (including phenoxy) is 1. The van der Waals surface area contributed by atoms with E-state index in [-0.39, 0.29) is 36.2 Å². The van der Waals surface area contributed by atoms with E-state index in [4.69, 9.17) is 21.9 Å². The summed E-state index contributed by atoms with van der Waals surface area (Å²) >= 11 is 6.43. The van der Waals surface area contributed by atoms with E-state index in [2.05, 4.69) is 5.32 Å². The van der Waals surface area contributed by atoms with Crippen molar-refractivity contribution in [1.29, 1.82) is 0 Å². The minimum Gasteiger partial charge on any atom is -0.466 e. The van der Waals surface area contributed by atoms with Crippen molar-refractivity contribution in [2.75, 3.05) is 31.1 Å². The van der Waals surface area contributed by atoms with Crippen molar-refractivity contribution in [3.05, 3.63) is 44.7 Å². The number of carbonyl (C=O) groups excluding carboxylic acids is 3. The number of carbonyl (C=O) groups is 3. The van der Waals surface area contributed by atoms with Gasteiger partial charge in [0.05, 0.1) is 23.5 Å². The quantitative estimate of drug-likeness (QED) is 0.347. The Morgan fingerprint density at radius 2 is 2.11 bits per heavy atom. The number of likely N-dealkylation sites (N-methyl/N-ethyl adjacent to an activating group) is 1. The standard InChI is InChI=1S/C23H25N5O5S2/c1-4-26-22(32)16(35-23(26)34)11-14-19(25-18-13(3)7-6-9-28(18)21(14)31)27-10-8-24-20(30)15(27)12-17(29)33-5-2/h6-7,9,11,15H,4-5,8,10,12H2,1-3H3,(H,24,30)/b16-11-/t15-/m0/s1. The lowest BCUT2D eigenvalue weighted by molar-refractivity contribution is -0.145. The van der Waals surface area contributed by atoms with Gasteiger partial charge in [-0.05, 0) is 38.5 Å². The van der Waals surface area contributed by atoms with Crippen LogP contribution in [-0.4, -0.2) is 68.7 Å². The van der Waals surface area contributed by atoms with Crippen LogP contribution in [0.15, 0.2) is 28.0 Å². The first-order valence-electron chi connectivity index (χ1n) is 11.2. The van der Waals surface area contributed by atoms with Gasteiger partial charge in [-0.3, -0.25) is 28.5 Å². The number of rotatable bonds is 6. The third-order valence-electron chi connectivity index (χ3n) is 5.80. The molecule has 12 heteroatoms. The van der Waals surface area contributed by atoms with Crippen LogP contribution in [0.4, 0.5) is 5.82 Å². The molecular formula is C23H25N5O5S2. The summed E-state index contributed by atoms with van der Waals surface area (Å²) in [5, 5.41) is 2.76. The zero-order chi connectivity index (χ0) is 25.3. The predicted molar refractivity (Wildman–Crippen MR) is 137 cm³/mol. The number of pyridine rings is 1. The molecule has 4 heterocycles. The van der Waals surface area contributed by atoms with Crippen molar-refractivity contribution in [3.63, 3.8) is 0 Å². The van der Waals surface area contributed by atoms with Crippen LogP contribution in [0.5, 0.6) is 0 Å². The lowest BCUT2D eigenvalue weighted by atomic mass is 10.1. The lowest BCUT2D eigenvalue weighted by Crippen LogP contribution is -2.57. The van der Waals surface area contributed by atoms with Crippen LogP contribution in [0.1, 0.15) is 31.4 Å². The molecule has 1 N–H and O–H groups in total. The number of hydrogen-bond donors (Lipinski definition) is 1. The number of hydrogen-bond acceptors (Lipinski definition) is 9. The summed E-state index contributed by atoms with van der Waals surface area (Å²) in [6, 6.07) is 2.65. The number of fused-ring (bicyclic) bond motifs is 1. The molecule has 2 aromatic rings. The number of thioether (sulfide) groups is 1. The van der Waals surface area contributed by atoms with E-state index in [0.29, 0.717) is 34.5 Å². The van der Waals surface area contributed by atoms with Crippen LogP contribution >= 0.6 is 24.0 Å². The van der Waals surface area contributed by atoms with Gasteiger partial charge in [0, 0.05) is 25.8 Å². The smallest absolute Gasteiger partial charge is 0.308 e. The van der Waals surface area contributed by atoms with Crippen LogP contribution in [0.2, 0.25) is 0 Å². The molecule has 4 rings (SSSR count). The second-order valence-corrected chi connectivity index (χ2v) is 9.65. The molecule has 0 saturated carbocycles. The largest absolute Gasteiger partial charge is 0.466 e. The van der Waals surface area contributed by atoms with Crippen LogP contribution < -0.4 is 15.8 Å². The Morgan fingerprint density at radius 3 is 2.80 bits per heavy atom. The Kier molecular flexibility index (Phi) is 7.22. The van der Waals surface area contributed by atoms with Crippen LogP contribution in [0.25, 0.3) is 11.7 Å². The fourth-order valence-electron chi connectivity index (χ4n) is 4.10. The van der Waals surface area contributed by atoms with Crippen LogP contribution in [0.3, 0.4) is 0 Å². The maximum Gasteiger partial charge on any atom is 0.308 e. The second kappa shape index (κ2) is 10.2. The number of amides is 2. The van der Waals surface area contributed by atoms with E-state index in [0.717, 1.165) is 17.3 Å². The van der Waals surface area contributed by atoms with Gasteiger partial charge in [-0.15, -0.1) is 0 Å². The molecule has 0 bridgehead atoms. The van der Waals surface area contributed by atoms with E-state index in [1.165, 1.54) is 15.4 Å². The fraction of sp³-hybridized carbons (Fsp3) is 0.391. The van der Waals surface area contributed by atoms with Crippen LogP contribution in [-0.2, 0) is 19.1 Å².